The summed E-state index contributed by atoms with van der Waals surface area (Å²) in [6.45, 7) is 3.42. The molecule has 0 aliphatic carbocycles. The van der Waals surface area contributed by atoms with Gasteiger partial charge in [-0.05, 0) is 45.0 Å². The van der Waals surface area contributed by atoms with Crippen molar-refractivity contribution in [2.24, 2.45) is 0 Å². The Kier molecular flexibility index (Phi) is 7.58. The number of hydrogen-bond donors (Lipinski definition) is 4. The molecular weight excluding hydrogens is 403 g/mol. The summed E-state index contributed by atoms with van der Waals surface area (Å²) in [4.78, 5) is 35.6. The molecule has 1 aromatic heterocycles. The van der Waals surface area contributed by atoms with Crippen molar-refractivity contribution in [2.45, 2.75) is 32.4 Å². The SMILES string of the molecule is CCn1cc(C(=O)NCC(=O)O)c(=O)c2cc(F)c(NC3CCNCC3)cc21.Cl. The van der Waals surface area contributed by atoms with Gasteiger partial charge in [-0.3, -0.25) is 14.4 Å². The number of piperidine rings is 1. The van der Waals surface area contributed by atoms with E-state index in [2.05, 4.69) is 16.0 Å². The van der Waals surface area contributed by atoms with Crippen LogP contribution in [0.3, 0.4) is 0 Å². The number of aromatic nitrogens is 1. The van der Waals surface area contributed by atoms with Crippen molar-refractivity contribution in [3.63, 3.8) is 0 Å². The number of anilines is 1. The third-order valence-electron chi connectivity index (χ3n) is 4.85. The summed E-state index contributed by atoms with van der Waals surface area (Å²) in [5, 5.41) is 17.4. The number of carbonyl (C=O) groups excluding carboxylic acids is 1. The number of aryl methyl sites for hydroxylation is 1. The fraction of sp³-hybridized carbons (Fsp3) is 0.421. The van der Waals surface area contributed by atoms with Gasteiger partial charge in [-0.25, -0.2) is 4.39 Å². The first-order valence-electron chi connectivity index (χ1n) is 9.24. The minimum atomic E-state index is -1.22. The van der Waals surface area contributed by atoms with Crippen LogP contribution in [-0.2, 0) is 11.3 Å². The molecule has 0 atom stereocenters. The molecule has 10 heteroatoms. The van der Waals surface area contributed by atoms with E-state index in [9.17, 15) is 18.8 Å². The number of nitrogens with one attached hydrogen (secondary N) is 3. The maximum Gasteiger partial charge on any atom is 0.322 e. The summed E-state index contributed by atoms with van der Waals surface area (Å²) < 4.78 is 16.4. The van der Waals surface area contributed by atoms with Crippen molar-refractivity contribution in [1.29, 1.82) is 0 Å². The quantitative estimate of drug-likeness (QED) is 0.557. The highest BCUT2D eigenvalue weighted by Crippen LogP contribution is 2.24. The van der Waals surface area contributed by atoms with Gasteiger partial charge in [0, 0.05) is 24.2 Å². The molecule has 0 saturated carbocycles. The van der Waals surface area contributed by atoms with Crippen molar-refractivity contribution in [1.82, 2.24) is 15.2 Å². The monoisotopic (exact) mass is 426 g/mol. The number of aliphatic carboxylic acids is 1. The molecule has 1 aromatic carbocycles. The molecule has 1 amide bonds. The maximum absolute atomic E-state index is 14.7. The zero-order valence-electron chi connectivity index (χ0n) is 16.0. The van der Waals surface area contributed by atoms with E-state index in [0.717, 1.165) is 32.0 Å². The highest BCUT2D eigenvalue weighted by Gasteiger charge is 2.19. The molecule has 0 unspecified atom stereocenters. The number of rotatable bonds is 6. The zero-order chi connectivity index (χ0) is 20.3. The van der Waals surface area contributed by atoms with Gasteiger partial charge in [0.15, 0.2) is 0 Å². The number of nitrogens with zero attached hydrogens (tertiary/aromatic N) is 1. The van der Waals surface area contributed by atoms with Crippen LogP contribution in [-0.4, -0.2) is 47.2 Å². The van der Waals surface area contributed by atoms with Crippen molar-refractivity contribution >= 4 is 40.9 Å². The van der Waals surface area contributed by atoms with Crippen LogP contribution in [0.25, 0.3) is 10.9 Å². The molecule has 2 aromatic rings. The van der Waals surface area contributed by atoms with Crippen LogP contribution in [0.4, 0.5) is 10.1 Å². The first-order valence-corrected chi connectivity index (χ1v) is 9.24. The summed E-state index contributed by atoms with van der Waals surface area (Å²) in [6, 6.07) is 2.88. The number of carboxylic acids is 1. The van der Waals surface area contributed by atoms with Gasteiger partial charge >= 0.3 is 5.97 Å². The second kappa shape index (κ2) is 9.71. The Morgan fingerprint density at radius 1 is 1.31 bits per heavy atom. The Morgan fingerprint density at radius 2 is 2.00 bits per heavy atom. The molecule has 8 nitrogen and oxygen atoms in total. The average molecular weight is 427 g/mol. The van der Waals surface area contributed by atoms with E-state index in [1.54, 1.807) is 10.6 Å². The number of carbonyl (C=O) groups is 2. The van der Waals surface area contributed by atoms with Crippen LogP contribution in [0.2, 0.25) is 0 Å². The molecule has 1 saturated heterocycles. The van der Waals surface area contributed by atoms with E-state index < -0.39 is 29.7 Å². The number of carboxylic acid groups (broad SMARTS) is 1. The van der Waals surface area contributed by atoms with Gasteiger partial charge in [-0.1, -0.05) is 0 Å². The van der Waals surface area contributed by atoms with Gasteiger partial charge in [-0.2, -0.15) is 0 Å². The van der Waals surface area contributed by atoms with Crippen molar-refractivity contribution in [3.8, 4) is 0 Å². The molecule has 158 valence electrons. The smallest absolute Gasteiger partial charge is 0.322 e. The first kappa shape index (κ1) is 22.6. The summed E-state index contributed by atoms with van der Waals surface area (Å²) in [5.74, 6) is -2.58. The summed E-state index contributed by atoms with van der Waals surface area (Å²) in [7, 11) is 0. The van der Waals surface area contributed by atoms with Gasteiger partial charge in [-0.15, -0.1) is 12.4 Å². The Morgan fingerprint density at radius 3 is 2.62 bits per heavy atom. The lowest BCUT2D eigenvalue weighted by Gasteiger charge is -2.25. The topological polar surface area (TPSA) is 112 Å². The van der Waals surface area contributed by atoms with Crippen molar-refractivity contribution in [2.75, 3.05) is 25.0 Å². The van der Waals surface area contributed by atoms with Crippen molar-refractivity contribution in [3.05, 3.63) is 39.9 Å². The molecule has 29 heavy (non-hydrogen) atoms. The first-order chi connectivity index (χ1) is 13.4. The van der Waals surface area contributed by atoms with Gasteiger partial charge in [0.1, 0.15) is 17.9 Å². The van der Waals surface area contributed by atoms with Crippen LogP contribution < -0.4 is 21.4 Å². The molecule has 0 bridgehead atoms. The number of hydrogen-bond acceptors (Lipinski definition) is 5. The molecule has 2 heterocycles. The minimum Gasteiger partial charge on any atom is -0.480 e. The third kappa shape index (κ3) is 5.04. The van der Waals surface area contributed by atoms with Gasteiger partial charge in [0.2, 0.25) is 5.43 Å². The number of fused-ring (bicyclic) bond motifs is 1. The molecule has 1 fully saturated rings. The zero-order valence-corrected chi connectivity index (χ0v) is 16.8. The van der Waals surface area contributed by atoms with Gasteiger partial charge in [0.05, 0.1) is 11.2 Å². The lowest BCUT2D eigenvalue weighted by molar-refractivity contribution is -0.135. The predicted molar refractivity (Wildman–Crippen MR) is 111 cm³/mol. The summed E-state index contributed by atoms with van der Waals surface area (Å²) in [6.07, 6.45) is 3.13. The highest BCUT2D eigenvalue weighted by molar-refractivity contribution is 5.98. The maximum atomic E-state index is 14.7. The van der Waals surface area contributed by atoms with Crippen LogP contribution in [0.5, 0.6) is 0 Å². The van der Waals surface area contributed by atoms with Crippen LogP contribution in [0, 0.1) is 5.82 Å². The minimum absolute atomic E-state index is 0. The Labute approximate surface area is 172 Å². The average Bonchev–Trinajstić information content (AvgIpc) is 2.68. The molecule has 3 rings (SSSR count). The lowest BCUT2D eigenvalue weighted by atomic mass is 10.1. The predicted octanol–water partition coefficient (Wildman–Crippen LogP) is 1.56. The Hall–Kier alpha value is -2.65. The fourth-order valence-corrected chi connectivity index (χ4v) is 3.38. The standard InChI is InChI=1S/C19H23FN4O4.ClH/c1-2-24-10-13(19(28)22-9-17(25)26)18(27)12-7-14(20)15(8-16(12)24)23-11-3-5-21-6-4-11;/h7-8,10-11,21,23H,2-6,9H2,1H3,(H,22,28)(H,25,26);1H. The van der Waals surface area contributed by atoms with E-state index in [1.165, 1.54) is 6.20 Å². The highest BCUT2D eigenvalue weighted by atomic mass is 35.5. The van der Waals surface area contributed by atoms with E-state index in [1.807, 2.05) is 6.92 Å². The van der Waals surface area contributed by atoms with Crippen LogP contribution >= 0.6 is 12.4 Å². The van der Waals surface area contributed by atoms with E-state index in [-0.39, 0.29) is 29.4 Å². The third-order valence-corrected chi connectivity index (χ3v) is 4.85. The van der Waals surface area contributed by atoms with Gasteiger partial charge in [0.25, 0.3) is 5.91 Å². The second-order valence-corrected chi connectivity index (χ2v) is 6.75. The van der Waals surface area contributed by atoms with E-state index >= 15 is 0 Å². The van der Waals surface area contributed by atoms with E-state index in [0.29, 0.717) is 17.7 Å². The molecule has 1 aliphatic rings. The fourth-order valence-electron chi connectivity index (χ4n) is 3.38. The largest absolute Gasteiger partial charge is 0.480 e. The number of pyridine rings is 1. The summed E-state index contributed by atoms with van der Waals surface area (Å²) >= 11 is 0. The summed E-state index contributed by atoms with van der Waals surface area (Å²) in [5.41, 5.74) is -0.00633. The van der Waals surface area contributed by atoms with E-state index in [4.69, 9.17) is 5.11 Å². The number of amides is 1. The normalized spacial score (nSPS) is 14.3. The number of benzene rings is 1. The molecule has 0 radical (unpaired) electrons. The van der Waals surface area contributed by atoms with Crippen LogP contribution in [0.1, 0.15) is 30.1 Å². The second-order valence-electron chi connectivity index (χ2n) is 6.75. The van der Waals surface area contributed by atoms with Gasteiger partial charge < -0.3 is 25.6 Å². The molecule has 0 spiro atoms. The Bertz CT molecular complexity index is 973. The van der Waals surface area contributed by atoms with Crippen molar-refractivity contribution < 1.29 is 19.1 Å². The molecule has 4 N–H and O–H groups in total. The lowest BCUT2D eigenvalue weighted by Crippen LogP contribution is -2.35. The Balaban J connectivity index is 0.00000300. The molecular formula is C19H24ClFN4O4. The van der Waals surface area contributed by atoms with Crippen LogP contribution in [0.15, 0.2) is 23.1 Å². The molecule has 1 aliphatic heterocycles. The number of halogens is 2.